The Balaban J connectivity index is 2.29. The summed E-state index contributed by atoms with van der Waals surface area (Å²) in [6.45, 7) is 0. The van der Waals surface area contributed by atoms with Gasteiger partial charge >= 0.3 is 11.9 Å². The summed E-state index contributed by atoms with van der Waals surface area (Å²) in [6.07, 6.45) is 1.49. The normalized spacial score (nSPS) is 18.2. The Morgan fingerprint density at radius 2 is 1.52 bits per heavy atom. The van der Waals surface area contributed by atoms with E-state index in [0.29, 0.717) is 19.3 Å². The Labute approximate surface area is 164 Å². The standard InChI is InChI=1S/C17H19N3O9/c1-28-16(22)14(17(23)29-2)12-4-3-5-13(12)18-15(21)9-6-10(19(24)25)8-11(7-9)20(26)27/h6-8,12-14H,3-5H2,1-2H3,(H,18,21)/t12-,13-/m1/s1. The van der Waals surface area contributed by atoms with Gasteiger partial charge in [0.1, 0.15) is 0 Å². The molecule has 1 saturated carbocycles. The van der Waals surface area contributed by atoms with Crippen LogP contribution < -0.4 is 5.32 Å². The highest BCUT2D eigenvalue weighted by Gasteiger charge is 2.44. The lowest BCUT2D eigenvalue weighted by Crippen LogP contribution is -2.44. The van der Waals surface area contributed by atoms with E-state index in [4.69, 9.17) is 0 Å². The second kappa shape index (κ2) is 9.08. The number of carbonyl (C=O) groups is 3. The van der Waals surface area contributed by atoms with Crippen molar-refractivity contribution >= 4 is 29.2 Å². The molecule has 0 unspecified atom stereocenters. The van der Waals surface area contributed by atoms with Crippen LogP contribution in [-0.4, -0.2) is 48.0 Å². The van der Waals surface area contributed by atoms with E-state index in [1.165, 1.54) is 0 Å². The molecule has 1 N–H and O–H groups in total. The van der Waals surface area contributed by atoms with Crippen molar-refractivity contribution in [2.75, 3.05) is 14.2 Å². The molecule has 1 aromatic carbocycles. The zero-order valence-corrected chi connectivity index (χ0v) is 15.7. The lowest BCUT2D eigenvalue weighted by molar-refractivity contribution is -0.394. The van der Waals surface area contributed by atoms with Gasteiger partial charge < -0.3 is 14.8 Å². The summed E-state index contributed by atoms with van der Waals surface area (Å²) in [7, 11) is 2.26. The number of nitro groups is 2. The van der Waals surface area contributed by atoms with E-state index >= 15 is 0 Å². The molecule has 2 rings (SSSR count). The van der Waals surface area contributed by atoms with Gasteiger partial charge in [-0.05, 0) is 12.8 Å². The van der Waals surface area contributed by atoms with E-state index < -0.39 is 56.9 Å². The number of carbonyl (C=O) groups excluding carboxylic acids is 3. The third-order valence-corrected chi connectivity index (χ3v) is 4.81. The minimum atomic E-state index is -1.24. The number of hydrogen-bond acceptors (Lipinski definition) is 9. The van der Waals surface area contributed by atoms with Gasteiger partial charge in [0.05, 0.1) is 35.7 Å². The van der Waals surface area contributed by atoms with Gasteiger partial charge in [-0.1, -0.05) is 6.42 Å². The summed E-state index contributed by atoms with van der Waals surface area (Å²) < 4.78 is 9.33. The number of amides is 1. The van der Waals surface area contributed by atoms with E-state index in [1.807, 2.05) is 0 Å². The quantitative estimate of drug-likeness (QED) is 0.302. The second-order valence-electron chi connectivity index (χ2n) is 6.45. The maximum Gasteiger partial charge on any atom is 0.320 e. The zero-order valence-electron chi connectivity index (χ0n) is 15.7. The highest BCUT2D eigenvalue weighted by molar-refractivity contribution is 5.97. The van der Waals surface area contributed by atoms with Crippen molar-refractivity contribution in [3.8, 4) is 0 Å². The third-order valence-electron chi connectivity index (χ3n) is 4.81. The molecule has 1 aromatic rings. The summed E-state index contributed by atoms with van der Waals surface area (Å²) in [4.78, 5) is 57.0. The minimum Gasteiger partial charge on any atom is -0.468 e. The van der Waals surface area contributed by atoms with Crippen LogP contribution in [-0.2, 0) is 19.1 Å². The molecular weight excluding hydrogens is 390 g/mol. The van der Waals surface area contributed by atoms with E-state index in [9.17, 15) is 34.6 Å². The predicted octanol–water partition coefficient (Wildman–Crippen LogP) is 1.36. The summed E-state index contributed by atoms with van der Waals surface area (Å²) in [5.74, 6) is -4.23. The smallest absolute Gasteiger partial charge is 0.320 e. The number of hydrogen-bond donors (Lipinski definition) is 1. The maximum absolute atomic E-state index is 12.6. The van der Waals surface area contributed by atoms with Crippen molar-refractivity contribution in [2.24, 2.45) is 11.8 Å². The molecule has 29 heavy (non-hydrogen) atoms. The first-order valence-corrected chi connectivity index (χ1v) is 8.60. The van der Waals surface area contributed by atoms with Gasteiger partial charge in [-0.3, -0.25) is 34.6 Å². The predicted molar refractivity (Wildman–Crippen MR) is 95.9 cm³/mol. The van der Waals surface area contributed by atoms with Gasteiger partial charge in [-0.25, -0.2) is 0 Å². The lowest BCUT2D eigenvalue weighted by atomic mass is 9.87. The van der Waals surface area contributed by atoms with E-state index in [2.05, 4.69) is 14.8 Å². The Morgan fingerprint density at radius 3 is 1.97 bits per heavy atom. The highest BCUT2D eigenvalue weighted by atomic mass is 16.6. The molecule has 0 heterocycles. The average Bonchev–Trinajstić information content (AvgIpc) is 3.14. The number of benzene rings is 1. The SMILES string of the molecule is COC(=O)C(C(=O)OC)[C@@H]1CCC[C@H]1NC(=O)c1cc([N+](=O)[O-])cc([N+](=O)[O-])c1. The van der Waals surface area contributed by atoms with Gasteiger partial charge in [-0.2, -0.15) is 0 Å². The molecule has 1 fully saturated rings. The summed E-state index contributed by atoms with van der Waals surface area (Å²) >= 11 is 0. The fourth-order valence-electron chi connectivity index (χ4n) is 3.46. The molecule has 156 valence electrons. The van der Waals surface area contributed by atoms with Crippen molar-refractivity contribution in [3.63, 3.8) is 0 Å². The molecule has 0 saturated heterocycles. The van der Waals surface area contributed by atoms with Crippen LogP contribution in [0.2, 0.25) is 0 Å². The Morgan fingerprint density at radius 1 is 1.00 bits per heavy atom. The van der Waals surface area contributed by atoms with E-state index in [1.54, 1.807) is 0 Å². The first kappa shape index (κ1) is 21.7. The third kappa shape index (κ3) is 4.83. The Kier molecular flexibility index (Phi) is 6.80. The van der Waals surface area contributed by atoms with E-state index in [0.717, 1.165) is 32.4 Å². The molecule has 12 nitrogen and oxygen atoms in total. The number of ether oxygens (including phenoxy) is 2. The van der Waals surface area contributed by atoms with Crippen molar-refractivity contribution in [1.29, 1.82) is 0 Å². The summed E-state index contributed by atoms with van der Waals surface area (Å²) in [5, 5.41) is 24.6. The number of nitrogens with zero attached hydrogens (tertiary/aromatic N) is 2. The van der Waals surface area contributed by atoms with Crippen LogP contribution in [0, 0.1) is 32.1 Å². The van der Waals surface area contributed by atoms with Crippen LogP contribution in [0.15, 0.2) is 18.2 Å². The van der Waals surface area contributed by atoms with Crippen LogP contribution in [0.5, 0.6) is 0 Å². The van der Waals surface area contributed by atoms with Crippen molar-refractivity contribution in [3.05, 3.63) is 44.0 Å². The highest BCUT2D eigenvalue weighted by Crippen LogP contribution is 2.34. The molecule has 1 aliphatic carbocycles. The van der Waals surface area contributed by atoms with Crippen LogP contribution in [0.4, 0.5) is 11.4 Å². The fraction of sp³-hybridized carbons (Fsp3) is 0.471. The molecule has 0 aromatic heterocycles. The fourth-order valence-corrected chi connectivity index (χ4v) is 3.46. The van der Waals surface area contributed by atoms with Crippen molar-refractivity contribution < 1.29 is 33.7 Å². The van der Waals surface area contributed by atoms with E-state index in [-0.39, 0.29) is 5.56 Å². The molecule has 1 aliphatic rings. The average molecular weight is 409 g/mol. The molecule has 0 aliphatic heterocycles. The molecule has 2 atom stereocenters. The monoisotopic (exact) mass is 409 g/mol. The van der Waals surface area contributed by atoms with Gasteiger partial charge in [0.2, 0.25) is 0 Å². The molecular formula is C17H19N3O9. The molecule has 12 heteroatoms. The molecule has 0 spiro atoms. The van der Waals surface area contributed by atoms with Crippen LogP contribution in [0.1, 0.15) is 29.6 Å². The van der Waals surface area contributed by atoms with Crippen LogP contribution in [0.25, 0.3) is 0 Å². The number of esters is 2. The Hall–Kier alpha value is -3.57. The number of methoxy groups -OCH3 is 2. The second-order valence-corrected chi connectivity index (χ2v) is 6.45. The first-order valence-electron chi connectivity index (χ1n) is 8.60. The topological polar surface area (TPSA) is 168 Å². The molecule has 0 radical (unpaired) electrons. The van der Waals surface area contributed by atoms with Crippen LogP contribution in [0.3, 0.4) is 0 Å². The first-order chi connectivity index (χ1) is 13.7. The molecule has 1 amide bonds. The van der Waals surface area contributed by atoms with Crippen molar-refractivity contribution in [2.45, 2.75) is 25.3 Å². The summed E-state index contributed by atoms with van der Waals surface area (Å²) in [6, 6.07) is 1.97. The number of non-ortho nitro benzene ring substituents is 2. The van der Waals surface area contributed by atoms with Crippen molar-refractivity contribution in [1.82, 2.24) is 5.32 Å². The number of nitro benzene ring substituents is 2. The van der Waals surface area contributed by atoms with Gasteiger partial charge in [0.15, 0.2) is 5.92 Å². The zero-order chi connectivity index (χ0) is 21.7. The minimum absolute atomic E-state index is 0.274. The lowest BCUT2D eigenvalue weighted by Gasteiger charge is -2.25. The Bertz CT molecular complexity index is 806. The molecule has 0 bridgehead atoms. The summed E-state index contributed by atoms with van der Waals surface area (Å²) in [5.41, 5.74) is -1.48. The van der Waals surface area contributed by atoms with Gasteiger partial charge in [-0.15, -0.1) is 0 Å². The van der Waals surface area contributed by atoms with Crippen LogP contribution >= 0.6 is 0 Å². The number of rotatable bonds is 7. The van der Waals surface area contributed by atoms with Gasteiger partial charge in [0, 0.05) is 24.1 Å². The number of nitrogens with one attached hydrogen (secondary N) is 1. The van der Waals surface area contributed by atoms with Gasteiger partial charge in [0.25, 0.3) is 17.3 Å². The largest absolute Gasteiger partial charge is 0.468 e. The maximum atomic E-state index is 12.6.